The fourth-order valence-electron chi connectivity index (χ4n) is 1.80. The standard InChI is InChI=1S/C16H24N4O2/c1-4-6-13(5-2)19-16(22)17-10-9-15(21)20-14-8-7-12(3)11-18-14/h4,7-8,11,13H,1,5-6,9-10H2,2-3H3,(H2,17,19,22)(H,18,20,21). The van der Waals surface area contributed by atoms with Crippen molar-refractivity contribution >= 4 is 17.8 Å². The SMILES string of the molecule is C=CCC(CC)NC(=O)NCCC(=O)Nc1ccc(C)cn1. The van der Waals surface area contributed by atoms with Crippen molar-refractivity contribution in [1.82, 2.24) is 15.6 Å². The Morgan fingerprint density at radius 3 is 2.77 bits per heavy atom. The molecule has 0 aromatic carbocycles. The van der Waals surface area contributed by atoms with Gasteiger partial charge in [0, 0.05) is 25.2 Å². The number of anilines is 1. The normalized spacial score (nSPS) is 11.4. The molecule has 0 saturated carbocycles. The van der Waals surface area contributed by atoms with Crippen LogP contribution in [-0.4, -0.2) is 29.5 Å². The highest BCUT2D eigenvalue weighted by atomic mass is 16.2. The summed E-state index contributed by atoms with van der Waals surface area (Å²) in [7, 11) is 0. The van der Waals surface area contributed by atoms with Gasteiger partial charge in [-0.25, -0.2) is 9.78 Å². The number of pyridine rings is 1. The van der Waals surface area contributed by atoms with Gasteiger partial charge in [0.1, 0.15) is 5.82 Å². The molecule has 0 spiro atoms. The highest BCUT2D eigenvalue weighted by molar-refractivity contribution is 5.90. The quantitative estimate of drug-likeness (QED) is 0.645. The lowest BCUT2D eigenvalue weighted by atomic mass is 10.1. The number of aromatic nitrogens is 1. The molecular formula is C16H24N4O2. The number of carbonyl (C=O) groups excluding carboxylic acids is 2. The van der Waals surface area contributed by atoms with Gasteiger partial charge < -0.3 is 16.0 Å². The molecule has 1 atom stereocenters. The maximum Gasteiger partial charge on any atom is 0.315 e. The van der Waals surface area contributed by atoms with Gasteiger partial charge in [0.15, 0.2) is 0 Å². The number of carbonyl (C=O) groups is 2. The third-order valence-electron chi connectivity index (χ3n) is 3.10. The van der Waals surface area contributed by atoms with Crippen molar-refractivity contribution in [2.75, 3.05) is 11.9 Å². The summed E-state index contributed by atoms with van der Waals surface area (Å²) >= 11 is 0. The van der Waals surface area contributed by atoms with Gasteiger partial charge in [-0.05, 0) is 31.4 Å². The Bertz CT molecular complexity index is 499. The van der Waals surface area contributed by atoms with Crippen molar-refractivity contribution in [3.05, 3.63) is 36.5 Å². The van der Waals surface area contributed by atoms with Crippen LogP contribution in [0.3, 0.4) is 0 Å². The minimum Gasteiger partial charge on any atom is -0.338 e. The summed E-state index contributed by atoms with van der Waals surface area (Å²) in [5.74, 6) is 0.326. The monoisotopic (exact) mass is 304 g/mol. The second kappa shape index (κ2) is 9.55. The largest absolute Gasteiger partial charge is 0.338 e. The Morgan fingerprint density at radius 2 is 2.18 bits per heavy atom. The highest BCUT2D eigenvalue weighted by Crippen LogP contribution is 2.04. The van der Waals surface area contributed by atoms with Crippen molar-refractivity contribution in [3.8, 4) is 0 Å². The van der Waals surface area contributed by atoms with Gasteiger partial charge in [0.05, 0.1) is 0 Å². The number of amides is 3. The maximum absolute atomic E-state index is 11.7. The molecule has 120 valence electrons. The number of rotatable bonds is 8. The zero-order valence-corrected chi connectivity index (χ0v) is 13.2. The summed E-state index contributed by atoms with van der Waals surface area (Å²) in [4.78, 5) is 27.5. The maximum atomic E-state index is 11.7. The van der Waals surface area contributed by atoms with Gasteiger partial charge >= 0.3 is 6.03 Å². The van der Waals surface area contributed by atoms with E-state index in [0.29, 0.717) is 5.82 Å². The van der Waals surface area contributed by atoms with Crippen molar-refractivity contribution in [3.63, 3.8) is 0 Å². The van der Waals surface area contributed by atoms with Crippen LogP contribution in [0.5, 0.6) is 0 Å². The zero-order chi connectivity index (χ0) is 16.4. The third kappa shape index (κ3) is 6.88. The van der Waals surface area contributed by atoms with E-state index in [1.165, 1.54) is 0 Å². The highest BCUT2D eigenvalue weighted by Gasteiger charge is 2.09. The number of aryl methyl sites for hydroxylation is 1. The van der Waals surface area contributed by atoms with Crippen LogP contribution in [0.25, 0.3) is 0 Å². The molecule has 22 heavy (non-hydrogen) atoms. The number of urea groups is 1. The predicted molar refractivity (Wildman–Crippen MR) is 87.6 cm³/mol. The van der Waals surface area contributed by atoms with Gasteiger partial charge in [-0.2, -0.15) is 0 Å². The average molecular weight is 304 g/mol. The Hall–Kier alpha value is -2.37. The van der Waals surface area contributed by atoms with Crippen LogP contribution in [-0.2, 0) is 4.79 Å². The molecule has 1 unspecified atom stereocenters. The van der Waals surface area contributed by atoms with E-state index < -0.39 is 0 Å². The summed E-state index contributed by atoms with van der Waals surface area (Å²) < 4.78 is 0. The van der Waals surface area contributed by atoms with E-state index in [4.69, 9.17) is 0 Å². The van der Waals surface area contributed by atoms with E-state index in [9.17, 15) is 9.59 Å². The van der Waals surface area contributed by atoms with Crippen LogP contribution in [0.15, 0.2) is 31.0 Å². The third-order valence-corrected chi connectivity index (χ3v) is 3.10. The first-order valence-corrected chi connectivity index (χ1v) is 7.43. The molecule has 1 heterocycles. The second-order valence-corrected chi connectivity index (χ2v) is 5.05. The van der Waals surface area contributed by atoms with Gasteiger partial charge in [0.2, 0.25) is 5.91 Å². The predicted octanol–water partition coefficient (Wildman–Crippen LogP) is 2.37. The summed E-state index contributed by atoms with van der Waals surface area (Å²) in [6, 6.07) is 3.42. The number of hydrogen-bond acceptors (Lipinski definition) is 3. The molecule has 0 aliphatic heterocycles. The minimum atomic E-state index is -0.269. The van der Waals surface area contributed by atoms with Gasteiger partial charge in [0.25, 0.3) is 0 Å². The molecule has 0 radical (unpaired) electrons. The first-order chi connectivity index (χ1) is 10.5. The van der Waals surface area contributed by atoms with Gasteiger partial charge in [-0.1, -0.05) is 19.1 Å². The first-order valence-electron chi connectivity index (χ1n) is 7.43. The lowest BCUT2D eigenvalue weighted by molar-refractivity contribution is -0.116. The van der Waals surface area contributed by atoms with Crippen LogP contribution in [0.2, 0.25) is 0 Å². The summed E-state index contributed by atoms with van der Waals surface area (Å²) in [5.41, 5.74) is 1.03. The van der Waals surface area contributed by atoms with Crippen molar-refractivity contribution in [1.29, 1.82) is 0 Å². The van der Waals surface area contributed by atoms with E-state index in [2.05, 4.69) is 27.5 Å². The Morgan fingerprint density at radius 1 is 1.41 bits per heavy atom. The Balaban J connectivity index is 2.25. The molecule has 1 aromatic heterocycles. The Labute approximate surface area is 131 Å². The Kier molecular flexibility index (Phi) is 7.67. The second-order valence-electron chi connectivity index (χ2n) is 5.05. The molecule has 0 saturated heterocycles. The van der Waals surface area contributed by atoms with E-state index in [1.807, 2.05) is 19.9 Å². The number of nitrogens with one attached hydrogen (secondary N) is 3. The minimum absolute atomic E-state index is 0.0723. The molecule has 6 heteroatoms. The summed E-state index contributed by atoms with van der Waals surface area (Å²) in [5, 5.41) is 8.18. The molecule has 0 bridgehead atoms. The lowest BCUT2D eigenvalue weighted by Gasteiger charge is -2.15. The molecule has 0 aliphatic rings. The van der Waals surface area contributed by atoms with Crippen LogP contribution in [0.1, 0.15) is 31.7 Å². The van der Waals surface area contributed by atoms with Crippen LogP contribution in [0.4, 0.5) is 10.6 Å². The fourth-order valence-corrected chi connectivity index (χ4v) is 1.80. The van der Waals surface area contributed by atoms with Crippen molar-refractivity contribution in [2.45, 2.75) is 39.2 Å². The van der Waals surface area contributed by atoms with Crippen molar-refractivity contribution < 1.29 is 9.59 Å². The van der Waals surface area contributed by atoms with E-state index in [-0.39, 0.29) is 30.9 Å². The zero-order valence-electron chi connectivity index (χ0n) is 13.2. The molecule has 1 aromatic rings. The smallest absolute Gasteiger partial charge is 0.315 e. The molecule has 6 nitrogen and oxygen atoms in total. The summed E-state index contributed by atoms with van der Waals surface area (Å²) in [6.07, 6.45) is 5.21. The molecular weight excluding hydrogens is 280 g/mol. The van der Waals surface area contributed by atoms with Crippen LogP contribution < -0.4 is 16.0 Å². The summed E-state index contributed by atoms with van der Waals surface area (Å²) in [6.45, 7) is 7.85. The van der Waals surface area contributed by atoms with E-state index in [0.717, 1.165) is 18.4 Å². The van der Waals surface area contributed by atoms with Gasteiger partial charge in [-0.3, -0.25) is 4.79 Å². The fraction of sp³-hybridized carbons (Fsp3) is 0.438. The van der Waals surface area contributed by atoms with E-state index >= 15 is 0 Å². The first kappa shape index (κ1) is 17.7. The number of hydrogen-bond donors (Lipinski definition) is 3. The molecule has 1 rings (SSSR count). The van der Waals surface area contributed by atoms with E-state index in [1.54, 1.807) is 18.3 Å². The number of nitrogens with zero attached hydrogens (tertiary/aromatic N) is 1. The lowest BCUT2D eigenvalue weighted by Crippen LogP contribution is -2.42. The topological polar surface area (TPSA) is 83.1 Å². The van der Waals surface area contributed by atoms with Gasteiger partial charge in [-0.15, -0.1) is 6.58 Å². The molecule has 0 aliphatic carbocycles. The van der Waals surface area contributed by atoms with Crippen molar-refractivity contribution in [2.24, 2.45) is 0 Å². The van der Waals surface area contributed by atoms with Crippen LogP contribution in [0, 0.1) is 6.92 Å². The molecule has 3 amide bonds. The molecule has 0 fully saturated rings. The van der Waals surface area contributed by atoms with Crippen LogP contribution >= 0.6 is 0 Å². The average Bonchev–Trinajstić information content (AvgIpc) is 2.49. The molecule has 3 N–H and O–H groups in total.